The molecule has 19 heavy (non-hydrogen) atoms. The summed E-state index contributed by atoms with van der Waals surface area (Å²) >= 11 is 0. The van der Waals surface area contributed by atoms with Gasteiger partial charge in [0.2, 0.25) is 0 Å². The highest BCUT2D eigenvalue weighted by Crippen LogP contribution is 2.34. The van der Waals surface area contributed by atoms with Crippen LogP contribution in [0.4, 0.5) is 0 Å². The summed E-state index contributed by atoms with van der Waals surface area (Å²) in [6, 6.07) is 5.57. The highest BCUT2D eigenvalue weighted by molar-refractivity contribution is 5.98. The normalized spacial score (nSPS) is 25.9. The molecule has 3 rings (SSSR count). The number of carbonyl (C=O) groups excluding carboxylic acids is 1. The van der Waals surface area contributed by atoms with Crippen molar-refractivity contribution in [3.63, 3.8) is 0 Å². The number of fused-ring (bicyclic) bond motifs is 1. The highest BCUT2D eigenvalue weighted by atomic mass is 16.6. The lowest BCUT2D eigenvalue weighted by Crippen LogP contribution is -2.21. The second-order valence-electron chi connectivity index (χ2n) is 5.68. The molecule has 0 atom stereocenters. The molecule has 0 N–H and O–H groups in total. The van der Waals surface area contributed by atoms with Crippen molar-refractivity contribution in [2.24, 2.45) is 11.8 Å². The molecule has 0 bridgehead atoms. The fraction of sp³-hybridized carbons (Fsp3) is 0.562. The number of carbonyl (C=O) groups is 1. The fourth-order valence-electron chi connectivity index (χ4n) is 2.95. The maximum atomic E-state index is 12.5. The molecule has 3 nitrogen and oxygen atoms in total. The lowest BCUT2D eigenvalue weighted by Gasteiger charge is -2.25. The molecule has 0 radical (unpaired) electrons. The van der Waals surface area contributed by atoms with Crippen molar-refractivity contribution in [1.29, 1.82) is 0 Å². The zero-order valence-electron chi connectivity index (χ0n) is 11.4. The Bertz CT molecular complexity index is 473. The second-order valence-corrected chi connectivity index (χ2v) is 5.68. The minimum atomic E-state index is 0.193. The van der Waals surface area contributed by atoms with Gasteiger partial charge in [-0.1, -0.05) is 19.8 Å². The van der Waals surface area contributed by atoms with E-state index in [1.165, 1.54) is 12.8 Å². The molecule has 0 saturated heterocycles. The van der Waals surface area contributed by atoms with E-state index < -0.39 is 0 Å². The standard InChI is InChI=1S/C16H20O3/c1-11-2-4-12(5-3-11)16(17)13-6-7-14-15(10-13)19-9-8-18-14/h6-7,10-12H,2-5,8-9H2,1H3. The SMILES string of the molecule is CC1CCC(C(=O)c2ccc3c(c2)OCCO3)CC1. The summed E-state index contributed by atoms with van der Waals surface area (Å²) in [7, 11) is 0. The monoisotopic (exact) mass is 260 g/mol. The van der Waals surface area contributed by atoms with Crippen molar-refractivity contribution in [3.8, 4) is 11.5 Å². The summed E-state index contributed by atoms with van der Waals surface area (Å²) in [5.74, 6) is 2.69. The predicted molar refractivity (Wildman–Crippen MR) is 72.9 cm³/mol. The Hall–Kier alpha value is -1.51. The number of benzene rings is 1. The van der Waals surface area contributed by atoms with Crippen LogP contribution in [-0.4, -0.2) is 19.0 Å². The molecule has 0 amide bonds. The fourth-order valence-corrected chi connectivity index (χ4v) is 2.95. The average Bonchev–Trinajstić information content (AvgIpc) is 2.47. The number of hydrogen-bond donors (Lipinski definition) is 0. The first-order valence-corrected chi connectivity index (χ1v) is 7.18. The molecule has 1 aromatic carbocycles. The molecule has 3 heteroatoms. The Labute approximate surface area is 113 Å². The van der Waals surface area contributed by atoms with Crippen LogP contribution >= 0.6 is 0 Å². The van der Waals surface area contributed by atoms with Gasteiger partial charge in [0, 0.05) is 11.5 Å². The van der Waals surface area contributed by atoms with Crippen molar-refractivity contribution < 1.29 is 14.3 Å². The first kappa shape index (κ1) is 12.5. The van der Waals surface area contributed by atoms with Crippen molar-refractivity contribution in [1.82, 2.24) is 0 Å². The van der Waals surface area contributed by atoms with Crippen LogP contribution in [0.5, 0.6) is 11.5 Å². The highest BCUT2D eigenvalue weighted by Gasteiger charge is 2.26. The minimum absolute atomic E-state index is 0.193. The summed E-state index contributed by atoms with van der Waals surface area (Å²) in [6.45, 7) is 3.41. The smallest absolute Gasteiger partial charge is 0.166 e. The maximum absolute atomic E-state index is 12.5. The first-order chi connectivity index (χ1) is 9.24. The Kier molecular flexibility index (Phi) is 3.45. The molecule has 0 aromatic heterocycles. The van der Waals surface area contributed by atoms with Crippen LogP contribution in [0.25, 0.3) is 0 Å². The molecule has 1 aliphatic heterocycles. The van der Waals surface area contributed by atoms with Crippen LogP contribution in [0, 0.1) is 11.8 Å². The quantitative estimate of drug-likeness (QED) is 0.764. The molecular formula is C16H20O3. The van der Waals surface area contributed by atoms with Gasteiger partial charge < -0.3 is 9.47 Å². The van der Waals surface area contributed by atoms with E-state index in [2.05, 4.69) is 6.92 Å². The van der Waals surface area contributed by atoms with E-state index in [9.17, 15) is 4.79 Å². The first-order valence-electron chi connectivity index (χ1n) is 7.18. The van der Waals surface area contributed by atoms with E-state index in [0.29, 0.717) is 19.0 Å². The van der Waals surface area contributed by atoms with Gasteiger partial charge in [-0.05, 0) is 37.0 Å². The van der Waals surface area contributed by atoms with E-state index in [0.717, 1.165) is 30.1 Å². The zero-order valence-corrected chi connectivity index (χ0v) is 11.4. The van der Waals surface area contributed by atoms with Gasteiger partial charge in [0.05, 0.1) is 0 Å². The van der Waals surface area contributed by atoms with Crippen molar-refractivity contribution >= 4 is 5.78 Å². The van der Waals surface area contributed by atoms with E-state index in [4.69, 9.17) is 9.47 Å². The summed E-state index contributed by atoms with van der Waals surface area (Å²) in [4.78, 5) is 12.5. The molecule has 0 spiro atoms. The van der Waals surface area contributed by atoms with Gasteiger partial charge in [-0.25, -0.2) is 0 Å². The van der Waals surface area contributed by atoms with E-state index >= 15 is 0 Å². The Balaban J connectivity index is 1.76. The molecule has 1 saturated carbocycles. The van der Waals surface area contributed by atoms with Crippen LogP contribution in [0.3, 0.4) is 0 Å². The third-order valence-corrected chi connectivity index (χ3v) is 4.21. The number of ketones is 1. The maximum Gasteiger partial charge on any atom is 0.166 e. The summed E-state index contributed by atoms with van der Waals surface area (Å²) in [5.41, 5.74) is 0.767. The summed E-state index contributed by atoms with van der Waals surface area (Å²) in [6.07, 6.45) is 4.38. The third kappa shape index (κ3) is 2.60. The summed E-state index contributed by atoms with van der Waals surface area (Å²) < 4.78 is 11.0. The lowest BCUT2D eigenvalue weighted by molar-refractivity contribution is 0.0874. The molecule has 0 unspecified atom stereocenters. The van der Waals surface area contributed by atoms with Crippen LogP contribution in [0.2, 0.25) is 0 Å². The number of ether oxygens (including phenoxy) is 2. The molecule has 1 aromatic rings. The van der Waals surface area contributed by atoms with Crippen LogP contribution in [0.1, 0.15) is 43.0 Å². The molecule has 2 aliphatic rings. The van der Waals surface area contributed by atoms with E-state index in [-0.39, 0.29) is 11.7 Å². The Morgan fingerprint density at radius 3 is 2.47 bits per heavy atom. The molecule has 1 aliphatic carbocycles. The Morgan fingerprint density at radius 1 is 1.05 bits per heavy atom. The van der Waals surface area contributed by atoms with E-state index in [1.54, 1.807) is 0 Å². The van der Waals surface area contributed by atoms with Gasteiger partial charge in [-0.15, -0.1) is 0 Å². The van der Waals surface area contributed by atoms with Gasteiger partial charge in [-0.2, -0.15) is 0 Å². The summed E-state index contributed by atoms with van der Waals surface area (Å²) in [5, 5.41) is 0. The number of rotatable bonds is 2. The average molecular weight is 260 g/mol. The van der Waals surface area contributed by atoms with Gasteiger partial charge >= 0.3 is 0 Å². The van der Waals surface area contributed by atoms with Gasteiger partial charge in [0.15, 0.2) is 17.3 Å². The molecule has 1 heterocycles. The third-order valence-electron chi connectivity index (χ3n) is 4.21. The molecular weight excluding hydrogens is 240 g/mol. The van der Waals surface area contributed by atoms with Crippen molar-refractivity contribution in [2.45, 2.75) is 32.6 Å². The molecule has 102 valence electrons. The number of hydrogen-bond acceptors (Lipinski definition) is 3. The van der Waals surface area contributed by atoms with E-state index in [1.807, 2.05) is 18.2 Å². The van der Waals surface area contributed by atoms with Crippen LogP contribution in [0.15, 0.2) is 18.2 Å². The van der Waals surface area contributed by atoms with Gasteiger partial charge in [0.1, 0.15) is 13.2 Å². The molecule has 1 fully saturated rings. The van der Waals surface area contributed by atoms with Crippen LogP contribution < -0.4 is 9.47 Å². The van der Waals surface area contributed by atoms with Crippen molar-refractivity contribution in [2.75, 3.05) is 13.2 Å². The van der Waals surface area contributed by atoms with Gasteiger partial charge in [-0.3, -0.25) is 4.79 Å². The topological polar surface area (TPSA) is 35.5 Å². The Morgan fingerprint density at radius 2 is 1.74 bits per heavy atom. The van der Waals surface area contributed by atoms with Gasteiger partial charge in [0.25, 0.3) is 0 Å². The van der Waals surface area contributed by atoms with Crippen molar-refractivity contribution in [3.05, 3.63) is 23.8 Å². The minimum Gasteiger partial charge on any atom is -0.486 e. The largest absolute Gasteiger partial charge is 0.486 e. The second kappa shape index (κ2) is 5.24. The predicted octanol–water partition coefficient (Wildman–Crippen LogP) is 3.47. The number of Topliss-reactive ketones (excluding diaryl/α,β-unsaturated/α-hetero) is 1. The van der Waals surface area contributed by atoms with Crippen LogP contribution in [-0.2, 0) is 0 Å². The zero-order chi connectivity index (χ0) is 13.2. The lowest BCUT2D eigenvalue weighted by atomic mass is 9.79.